The molecule has 0 saturated heterocycles. The topological polar surface area (TPSA) is 76.3 Å². The molecule has 0 fully saturated rings. The van der Waals surface area contributed by atoms with Gasteiger partial charge in [-0.15, -0.1) is 0 Å². The van der Waals surface area contributed by atoms with Crippen LogP contribution >= 0.6 is 0 Å². The Morgan fingerprint density at radius 3 is 2.71 bits per heavy atom. The Hall–Kier alpha value is -1.63. The molecule has 1 N–H and O–H groups in total. The van der Waals surface area contributed by atoms with Crippen molar-refractivity contribution in [2.45, 2.75) is 13.0 Å². The predicted octanol–water partition coefficient (Wildman–Crippen LogP) is 1.42. The Kier molecular flexibility index (Phi) is 3.03. The Morgan fingerprint density at radius 1 is 1.64 bits per heavy atom. The molecule has 1 aromatic heterocycles. The molecule has 0 aliphatic rings. The van der Waals surface area contributed by atoms with Gasteiger partial charge < -0.3 is 15.2 Å². The van der Waals surface area contributed by atoms with E-state index in [1.165, 1.54) is 0 Å². The Balaban J connectivity index is 3.18. The van der Waals surface area contributed by atoms with E-state index in [-0.39, 0.29) is 5.56 Å². The maximum atomic E-state index is 12.1. The van der Waals surface area contributed by atoms with Crippen LogP contribution in [0.15, 0.2) is 12.3 Å². The Bertz CT molecular complexity index is 357. The van der Waals surface area contributed by atoms with Gasteiger partial charge in [-0.2, -0.15) is 0 Å². The first-order chi connectivity index (χ1) is 6.56. The summed E-state index contributed by atoms with van der Waals surface area (Å²) in [6.07, 6.45) is -2.03. The van der Waals surface area contributed by atoms with Crippen LogP contribution in [0, 0.1) is 10.1 Å². The summed E-state index contributed by atoms with van der Waals surface area (Å²) >= 11 is 0. The number of pyridine rings is 1. The van der Waals surface area contributed by atoms with Crippen molar-refractivity contribution in [2.75, 3.05) is 0 Å². The molecular weight excluding hydrogens is 198 g/mol. The third-order valence-electron chi connectivity index (χ3n) is 1.56. The van der Waals surface area contributed by atoms with Crippen molar-refractivity contribution in [3.8, 4) is 0 Å². The summed E-state index contributed by atoms with van der Waals surface area (Å²) < 4.78 is 24.2. The molecule has 76 valence electrons. The quantitative estimate of drug-likeness (QED) is 0.596. The predicted molar refractivity (Wildman–Crippen MR) is 41.8 cm³/mol. The highest BCUT2D eigenvalue weighted by Gasteiger charge is 2.18. The maximum absolute atomic E-state index is 12.1. The van der Waals surface area contributed by atoms with E-state index in [0.29, 0.717) is 0 Å². The van der Waals surface area contributed by atoms with Crippen LogP contribution < -0.4 is 0 Å². The molecule has 14 heavy (non-hydrogen) atoms. The van der Waals surface area contributed by atoms with E-state index in [1.54, 1.807) is 0 Å². The standard InChI is InChI=1S/C7H6F2N2O3/c8-6(9)4-1-5(3-12)7(10-2-4)11(13)14/h1-2,6,12H,3H2. The molecule has 0 aromatic carbocycles. The van der Waals surface area contributed by atoms with Gasteiger partial charge in [-0.1, -0.05) is 0 Å². The van der Waals surface area contributed by atoms with E-state index < -0.39 is 29.3 Å². The van der Waals surface area contributed by atoms with Crippen LogP contribution in [0.2, 0.25) is 0 Å². The molecule has 0 radical (unpaired) electrons. The molecule has 1 aromatic rings. The summed E-state index contributed by atoms with van der Waals surface area (Å²) in [7, 11) is 0. The molecule has 5 nitrogen and oxygen atoms in total. The molecule has 1 heterocycles. The molecule has 0 atom stereocenters. The highest BCUT2D eigenvalue weighted by atomic mass is 19.3. The van der Waals surface area contributed by atoms with Crippen molar-refractivity contribution in [3.63, 3.8) is 0 Å². The molecule has 0 spiro atoms. The first-order valence-corrected chi connectivity index (χ1v) is 3.58. The number of halogens is 2. The Morgan fingerprint density at radius 2 is 2.29 bits per heavy atom. The molecule has 0 unspecified atom stereocenters. The van der Waals surface area contributed by atoms with Crippen molar-refractivity contribution < 1.29 is 18.8 Å². The molecule has 0 aliphatic carbocycles. The van der Waals surface area contributed by atoms with Gasteiger partial charge in [0.25, 0.3) is 6.43 Å². The van der Waals surface area contributed by atoms with Crippen LogP contribution in [0.25, 0.3) is 0 Å². The molecule has 0 saturated carbocycles. The number of aromatic nitrogens is 1. The zero-order chi connectivity index (χ0) is 10.7. The summed E-state index contributed by atoms with van der Waals surface area (Å²) in [6, 6.07) is 0.871. The van der Waals surface area contributed by atoms with Crippen LogP contribution in [-0.4, -0.2) is 15.0 Å². The summed E-state index contributed by atoms with van der Waals surface area (Å²) in [4.78, 5) is 12.7. The van der Waals surface area contributed by atoms with Crippen molar-refractivity contribution >= 4 is 5.82 Å². The smallest absolute Gasteiger partial charge is 0.368 e. The number of rotatable bonds is 3. The SMILES string of the molecule is O=[N+]([O-])c1ncc(C(F)F)cc1CO. The zero-order valence-corrected chi connectivity index (χ0v) is 6.85. The third kappa shape index (κ3) is 1.99. The highest BCUT2D eigenvalue weighted by Crippen LogP contribution is 2.23. The van der Waals surface area contributed by atoms with Crippen LogP contribution in [0.1, 0.15) is 17.6 Å². The average molecular weight is 204 g/mol. The van der Waals surface area contributed by atoms with Gasteiger partial charge in [0.1, 0.15) is 6.20 Å². The van der Waals surface area contributed by atoms with Crippen molar-refractivity contribution in [1.29, 1.82) is 0 Å². The molecule has 0 aliphatic heterocycles. The summed E-state index contributed by atoms with van der Waals surface area (Å²) in [5, 5.41) is 19.0. The highest BCUT2D eigenvalue weighted by molar-refractivity contribution is 5.34. The normalized spacial score (nSPS) is 10.6. The lowest BCUT2D eigenvalue weighted by molar-refractivity contribution is -0.390. The van der Waals surface area contributed by atoms with Crippen molar-refractivity contribution in [1.82, 2.24) is 4.98 Å². The average Bonchev–Trinajstić information content (AvgIpc) is 2.16. The van der Waals surface area contributed by atoms with Crippen LogP contribution in [-0.2, 0) is 6.61 Å². The van der Waals surface area contributed by atoms with E-state index in [2.05, 4.69) is 4.98 Å². The molecule has 7 heteroatoms. The lowest BCUT2D eigenvalue weighted by atomic mass is 10.2. The second-order valence-corrected chi connectivity index (χ2v) is 2.47. The van der Waals surface area contributed by atoms with Gasteiger partial charge in [0.15, 0.2) is 0 Å². The molecule has 0 bridgehead atoms. The second kappa shape index (κ2) is 4.05. The van der Waals surface area contributed by atoms with Gasteiger partial charge in [-0.3, -0.25) is 0 Å². The summed E-state index contributed by atoms with van der Waals surface area (Å²) in [6.45, 7) is -0.691. The monoisotopic (exact) mass is 204 g/mol. The van der Waals surface area contributed by atoms with Gasteiger partial charge in [0.2, 0.25) is 0 Å². The second-order valence-electron chi connectivity index (χ2n) is 2.47. The van der Waals surface area contributed by atoms with Gasteiger partial charge in [-0.05, 0) is 16.0 Å². The number of hydrogen-bond donors (Lipinski definition) is 1. The summed E-state index contributed by atoms with van der Waals surface area (Å²) in [5.41, 5.74) is -0.660. The molecule has 0 amide bonds. The van der Waals surface area contributed by atoms with E-state index in [9.17, 15) is 18.9 Å². The van der Waals surface area contributed by atoms with Gasteiger partial charge in [0, 0.05) is 0 Å². The lowest BCUT2D eigenvalue weighted by Gasteiger charge is -2.01. The number of nitro groups is 1. The summed E-state index contributed by atoms with van der Waals surface area (Å²) in [5.74, 6) is -0.600. The third-order valence-corrected chi connectivity index (χ3v) is 1.56. The number of hydrogen-bond acceptors (Lipinski definition) is 4. The maximum Gasteiger partial charge on any atom is 0.368 e. The van der Waals surface area contributed by atoms with E-state index in [1.807, 2.05) is 0 Å². The number of aliphatic hydroxyl groups excluding tert-OH is 1. The minimum absolute atomic E-state index is 0.215. The van der Waals surface area contributed by atoms with E-state index in [4.69, 9.17) is 5.11 Å². The fraction of sp³-hybridized carbons (Fsp3) is 0.286. The van der Waals surface area contributed by atoms with Crippen molar-refractivity contribution in [2.24, 2.45) is 0 Å². The van der Waals surface area contributed by atoms with Gasteiger partial charge >= 0.3 is 5.82 Å². The first-order valence-electron chi connectivity index (χ1n) is 3.58. The molecule has 1 rings (SSSR count). The first kappa shape index (κ1) is 10.5. The van der Waals surface area contributed by atoms with E-state index in [0.717, 1.165) is 12.3 Å². The number of aliphatic hydroxyl groups is 1. The number of nitrogens with zero attached hydrogens (tertiary/aromatic N) is 2. The van der Waals surface area contributed by atoms with Crippen molar-refractivity contribution in [3.05, 3.63) is 33.5 Å². The lowest BCUT2D eigenvalue weighted by Crippen LogP contribution is -2.00. The molecular formula is C7H6F2N2O3. The minimum Gasteiger partial charge on any atom is -0.391 e. The zero-order valence-electron chi connectivity index (χ0n) is 6.85. The van der Waals surface area contributed by atoms with Crippen LogP contribution in [0.5, 0.6) is 0 Å². The largest absolute Gasteiger partial charge is 0.391 e. The van der Waals surface area contributed by atoms with Gasteiger partial charge in [-0.25, -0.2) is 8.78 Å². The fourth-order valence-corrected chi connectivity index (χ4v) is 0.922. The van der Waals surface area contributed by atoms with Crippen LogP contribution in [0.3, 0.4) is 0 Å². The van der Waals surface area contributed by atoms with Crippen LogP contribution in [0.4, 0.5) is 14.6 Å². The fourth-order valence-electron chi connectivity index (χ4n) is 0.922. The van der Waals surface area contributed by atoms with Gasteiger partial charge in [0.05, 0.1) is 17.7 Å². The van der Waals surface area contributed by atoms with E-state index >= 15 is 0 Å². The minimum atomic E-state index is -2.76. The number of alkyl halides is 2. The Labute approximate surface area is 77.2 Å².